The molecule has 4 nitrogen and oxygen atoms in total. The Kier molecular flexibility index (Phi) is 5.95. The van der Waals surface area contributed by atoms with E-state index < -0.39 is 12.1 Å². The number of aliphatic hydroxyl groups excluding tert-OH is 1. The molecule has 0 aliphatic heterocycles. The number of carboxylic acids is 1. The minimum atomic E-state index is -1.53. The molecule has 0 aromatic heterocycles. The molecule has 0 aliphatic rings. The maximum absolute atomic E-state index is 10.9. The van der Waals surface area contributed by atoms with Crippen molar-refractivity contribution in [2.24, 2.45) is 0 Å². The highest BCUT2D eigenvalue weighted by atomic mass is 35.5. The van der Waals surface area contributed by atoms with Gasteiger partial charge in [0.1, 0.15) is 5.75 Å². The lowest BCUT2D eigenvalue weighted by atomic mass is 9.98. The van der Waals surface area contributed by atoms with E-state index in [2.05, 4.69) is 0 Å². The van der Waals surface area contributed by atoms with Gasteiger partial charge in [0.25, 0.3) is 0 Å². The lowest BCUT2D eigenvalue weighted by molar-refractivity contribution is -0.147. The summed E-state index contributed by atoms with van der Waals surface area (Å²) in [6.07, 6.45) is -0.250. The molecule has 18 heavy (non-hydrogen) atoms. The standard InChI is InChI=1S/C13H17ClO4/c1-2-18-11-7-3-5-10(12(15)13(16)17)9(11)6-4-8-14/h3,5,7,12,15H,2,4,6,8H2,1H3,(H,16,17). The number of alkyl halides is 1. The smallest absolute Gasteiger partial charge is 0.337 e. The third kappa shape index (κ3) is 3.62. The number of benzene rings is 1. The topological polar surface area (TPSA) is 66.8 Å². The molecule has 5 heteroatoms. The second-order valence-electron chi connectivity index (χ2n) is 3.79. The summed E-state index contributed by atoms with van der Waals surface area (Å²) >= 11 is 5.66. The fourth-order valence-corrected chi connectivity index (χ4v) is 1.91. The zero-order chi connectivity index (χ0) is 13.5. The first-order valence-corrected chi connectivity index (χ1v) is 6.36. The highest BCUT2D eigenvalue weighted by Gasteiger charge is 2.21. The Hall–Kier alpha value is -1.26. The van der Waals surface area contributed by atoms with Gasteiger partial charge in [0, 0.05) is 11.4 Å². The van der Waals surface area contributed by atoms with Crippen molar-refractivity contribution in [2.75, 3.05) is 12.5 Å². The van der Waals surface area contributed by atoms with Gasteiger partial charge in [0.05, 0.1) is 6.61 Å². The van der Waals surface area contributed by atoms with E-state index in [0.29, 0.717) is 36.6 Å². The predicted octanol–water partition coefficient (Wildman–Crippen LogP) is 2.37. The second kappa shape index (κ2) is 7.24. The van der Waals surface area contributed by atoms with Crippen LogP contribution in [0, 0.1) is 0 Å². The van der Waals surface area contributed by atoms with Gasteiger partial charge in [-0.15, -0.1) is 11.6 Å². The quantitative estimate of drug-likeness (QED) is 0.748. The number of ether oxygens (including phenoxy) is 1. The van der Waals surface area contributed by atoms with Gasteiger partial charge in [-0.3, -0.25) is 0 Å². The molecule has 100 valence electrons. The van der Waals surface area contributed by atoms with Crippen molar-refractivity contribution in [1.82, 2.24) is 0 Å². The normalized spacial score (nSPS) is 12.2. The monoisotopic (exact) mass is 272 g/mol. The highest BCUT2D eigenvalue weighted by Crippen LogP contribution is 2.28. The van der Waals surface area contributed by atoms with Crippen LogP contribution in [0.3, 0.4) is 0 Å². The number of carboxylic acid groups (broad SMARTS) is 1. The van der Waals surface area contributed by atoms with E-state index in [9.17, 15) is 9.90 Å². The summed E-state index contributed by atoms with van der Waals surface area (Å²) in [7, 11) is 0. The fourth-order valence-electron chi connectivity index (χ4n) is 1.77. The van der Waals surface area contributed by atoms with Crippen molar-refractivity contribution in [3.63, 3.8) is 0 Å². The Morgan fingerprint density at radius 1 is 1.50 bits per heavy atom. The number of hydrogen-bond acceptors (Lipinski definition) is 3. The van der Waals surface area contributed by atoms with E-state index in [0.717, 1.165) is 5.56 Å². The molecule has 0 saturated carbocycles. The molecule has 0 bridgehead atoms. The Morgan fingerprint density at radius 3 is 2.78 bits per heavy atom. The van der Waals surface area contributed by atoms with Crippen molar-refractivity contribution in [2.45, 2.75) is 25.9 Å². The van der Waals surface area contributed by atoms with Crippen LogP contribution in [-0.2, 0) is 11.2 Å². The van der Waals surface area contributed by atoms with Gasteiger partial charge in [0.15, 0.2) is 6.10 Å². The first-order chi connectivity index (χ1) is 8.61. The molecule has 0 saturated heterocycles. The van der Waals surface area contributed by atoms with Crippen LogP contribution in [0.4, 0.5) is 0 Å². The van der Waals surface area contributed by atoms with E-state index in [1.165, 1.54) is 0 Å². The maximum Gasteiger partial charge on any atom is 0.337 e. The van der Waals surface area contributed by atoms with E-state index in [1.54, 1.807) is 18.2 Å². The Morgan fingerprint density at radius 2 is 2.22 bits per heavy atom. The number of aliphatic hydroxyl groups is 1. The van der Waals surface area contributed by atoms with E-state index in [-0.39, 0.29) is 0 Å². The van der Waals surface area contributed by atoms with Crippen molar-refractivity contribution >= 4 is 17.6 Å². The average Bonchev–Trinajstić information content (AvgIpc) is 2.36. The number of rotatable bonds is 7. The summed E-state index contributed by atoms with van der Waals surface area (Å²) < 4.78 is 5.46. The van der Waals surface area contributed by atoms with E-state index in [1.807, 2.05) is 6.92 Å². The summed E-state index contributed by atoms with van der Waals surface area (Å²) in [6.45, 7) is 2.34. The summed E-state index contributed by atoms with van der Waals surface area (Å²) in [5, 5.41) is 18.6. The first-order valence-electron chi connectivity index (χ1n) is 5.83. The molecule has 1 aromatic carbocycles. The van der Waals surface area contributed by atoms with Gasteiger partial charge in [-0.05, 0) is 31.4 Å². The Labute approximate surface area is 111 Å². The molecule has 2 N–H and O–H groups in total. The van der Waals surface area contributed by atoms with Crippen molar-refractivity contribution < 1.29 is 19.7 Å². The number of aliphatic carboxylic acids is 1. The first kappa shape index (κ1) is 14.8. The number of halogens is 1. The zero-order valence-corrected chi connectivity index (χ0v) is 11.0. The van der Waals surface area contributed by atoms with Gasteiger partial charge in [-0.2, -0.15) is 0 Å². The molecule has 0 fully saturated rings. The molecule has 0 spiro atoms. The Bertz CT molecular complexity index is 406. The minimum absolute atomic E-state index is 0.374. The van der Waals surface area contributed by atoms with Crippen molar-refractivity contribution in [3.8, 4) is 5.75 Å². The molecule has 0 heterocycles. The summed E-state index contributed by atoms with van der Waals surface area (Å²) in [4.78, 5) is 10.9. The summed E-state index contributed by atoms with van der Waals surface area (Å²) in [5.74, 6) is -0.181. The fraction of sp³-hybridized carbons (Fsp3) is 0.462. The Balaban J connectivity index is 3.13. The molecular formula is C13H17ClO4. The lowest BCUT2D eigenvalue weighted by Crippen LogP contribution is -2.14. The third-order valence-electron chi connectivity index (χ3n) is 2.56. The van der Waals surface area contributed by atoms with Crippen LogP contribution in [0.15, 0.2) is 18.2 Å². The largest absolute Gasteiger partial charge is 0.494 e. The van der Waals surface area contributed by atoms with Gasteiger partial charge in [-0.1, -0.05) is 12.1 Å². The zero-order valence-electron chi connectivity index (χ0n) is 10.2. The van der Waals surface area contributed by atoms with Gasteiger partial charge in [0.2, 0.25) is 0 Å². The number of hydrogen-bond donors (Lipinski definition) is 2. The molecule has 0 radical (unpaired) electrons. The molecular weight excluding hydrogens is 256 g/mol. The van der Waals surface area contributed by atoms with Crippen LogP contribution in [0.2, 0.25) is 0 Å². The van der Waals surface area contributed by atoms with Crippen molar-refractivity contribution in [1.29, 1.82) is 0 Å². The predicted molar refractivity (Wildman–Crippen MR) is 69.2 cm³/mol. The van der Waals surface area contributed by atoms with Crippen LogP contribution in [0.25, 0.3) is 0 Å². The van der Waals surface area contributed by atoms with E-state index >= 15 is 0 Å². The summed E-state index contributed by atoms with van der Waals surface area (Å²) in [6, 6.07) is 5.05. The van der Waals surface area contributed by atoms with E-state index in [4.69, 9.17) is 21.4 Å². The molecule has 1 unspecified atom stereocenters. The lowest BCUT2D eigenvalue weighted by Gasteiger charge is -2.16. The average molecular weight is 273 g/mol. The van der Waals surface area contributed by atoms with Gasteiger partial charge >= 0.3 is 5.97 Å². The number of carbonyl (C=O) groups is 1. The molecule has 0 amide bonds. The molecule has 1 atom stereocenters. The van der Waals surface area contributed by atoms with Crippen LogP contribution in [0.5, 0.6) is 5.75 Å². The molecule has 0 aliphatic carbocycles. The molecule has 1 aromatic rings. The highest BCUT2D eigenvalue weighted by molar-refractivity contribution is 6.17. The summed E-state index contributed by atoms with van der Waals surface area (Å²) in [5.41, 5.74) is 1.09. The minimum Gasteiger partial charge on any atom is -0.494 e. The van der Waals surface area contributed by atoms with Crippen LogP contribution in [-0.4, -0.2) is 28.7 Å². The van der Waals surface area contributed by atoms with Gasteiger partial charge < -0.3 is 14.9 Å². The second-order valence-corrected chi connectivity index (χ2v) is 4.17. The maximum atomic E-state index is 10.9. The molecule has 1 rings (SSSR count). The van der Waals surface area contributed by atoms with Crippen LogP contribution < -0.4 is 4.74 Å². The van der Waals surface area contributed by atoms with Crippen LogP contribution >= 0.6 is 11.6 Å². The van der Waals surface area contributed by atoms with Crippen molar-refractivity contribution in [3.05, 3.63) is 29.3 Å². The third-order valence-corrected chi connectivity index (χ3v) is 2.83. The SMILES string of the molecule is CCOc1cccc(C(O)C(=O)O)c1CCCCl. The van der Waals surface area contributed by atoms with Gasteiger partial charge in [-0.25, -0.2) is 4.79 Å². The van der Waals surface area contributed by atoms with Crippen LogP contribution in [0.1, 0.15) is 30.6 Å².